The van der Waals surface area contributed by atoms with E-state index in [2.05, 4.69) is 179 Å². The van der Waals surface area contributed by atoms with Gasteiger partial charge in [0.1, 0.15) is 39.3 Å². The molecule has 6 aromatic heterocycles. The van der Waals surface area contributed by atoms with Crippen LogP contribution in [0.1, 0.15) is 0 Å². The highest BCUT2D eigenvalue weighted by Crippen LogP contribution is 2.43. The lowest BCUT2D eigenvalue weighted by molar-refractivity contribution is 0.425. The predicted molar refractivity (Wildman–Crippen MR) is 351 cm³/mol. The molecule has 0 atom stereocenters. The molecule has 0 radical (unpaired) electrons. The molecule has 0 aliphatic carbocycles. The zero-order valence-corrected chi connectivity index (χ0v) is 47.6. The molecule has 0 spiro atoms. The van der Waals surface area contributed by atoms with Gasteiger partial charge < -0.3 is 37.4 Å². The van der Waals surface area contributed by atoms with Crippen molar-refractivity contribution in [3.63, 3.8) is 0 Å². The van der Waals surface area contributed by atoms with Gasteiger partial charge in [-0.2, -0.15) is 0 Å². The first-order chi connectivity index (χ1) is 41.3. The Bertz CT molecular complexity index is 5560. The highest BCUT2D eigenvalue weighted by Gasteiger charge is 2.24. The molecule has 3 N–H and O–H groups in total. The lowest BCUT2D eigenvalue weighted by Crippen LogP contribution is -2.33. The number of hydrogen-bond acceptors (Lipinski definition) is 5. The highest BCUT2D eigenvalue weighted by atomic mass is 79.9. The third-order valence-corrected chi connectivity index (χ3v) is 17.1. The Labute approximate surface area is 495 Å². The summed E-state index contributed by atoms with van der Waals surface area (Å²) in [6.45, 7) is 0. The number of benzene rings is 12. The fraction of sp³-hybridized carbons (Fsp3) is 0. The third-order valence-electron chi connectivity index (χ3n) is 15.7. The average Bonchev–Trinajstić information content (AvgIpc) is 2.31. The molecular formula is C72H45BBr2FN3O5. The summed E-state index contributed by atoms with van der Waals surface area (Å²) in [5.74, 6) is -0.215. The number of para-hydroxylation sites is 8. The first-order valence-electron chi connectivity index (χ1n) is 27.4. The maximum atomic E-state index is 12.3. The molecule has 0 amide bonds. The summed E-state index contributed by atoms with van der Waals surface area (Å²) in [7, 11) is -1.56. The van der Waals surface area contributed by atoms with Crippen LogP contribution in [0, 0.1) is 5.82 Å². The molecule has 18 aromatic rings. The topological polar surface area (TPSA) is 106 Å². The third kappa shape index (κ3) is 8.48. The molecule has 6 heterocycles. The van der Waals surface area contributed by atoms with E-state index in [9.17, 15) is 14.4 Å². The van der Waals surface area contributed by atoms with Gasteiger partial charge >= 0.3 is 7.12 Å². The zero-order chi connectivity index (χ0) is 56.6. The van der Waals surface area contributed by atoms with Crippen molar-refractivity contribution in [3.8, 4) is 11.4 Å². The predicted octanol–water partition coefficient (Wildman–Crippen LogP) is 19.6. The summed E-state index contributed by atoms with van der Waals surface area (Å²) in [4.78, 5) is 3.45. The van der Waals surface area contributed by atoms with E-state index >= 15 is 0 Å². The van der Waals surface area contributed by atoms with E-state index in [-0.39, 0.29) is 5.82 Å². The van der Waals surface area contributed by atoms with Crippen molar-refractivity contribution < 1.29 is 27.7 Å². The molecule has 8 nitrogen and oxygen atoms in total. The van der Waals surface area contributed by atoms with Crippen LogP contribution in [0.5, 0.6) is 0 Å². The van der Waals surface area contributed by atoms with E-state index < -0.39 is 7.12 Å². The molecule has 0 saturated carbocycles. The molecule has 0 bridgehead atoms. The van der Waals surface area contributed by atoms with Crippen LogP contribution in [0.3, 0.4) is 0 Å². The van der Waals surface area contributed by atoms with Crippen LogP contribution in [0.25, 0.3) is 143 Å². The van der Waals surface area contributed by atoms with Gasteiger partial charge in [-0.3, -0.25) is 0 Å². The molecule has 0 fully saturated rings. The van der Waals surface area contributed by atoms with Gasteiger partial charge in [0.25, 0.3) is 0 Å². The van der Waals surface area contributed by atoms with E-state index in [4.69, 9.17) is 13.3 Å². The van der Waals surface area contributed by atoms with Crippen LogP contribution in [0.4, 0.5) is 4.39 Å². The Kier molecular flexibility index (Phi) is 12.8. The molecule has 18 rings (SSSR count). The fourth-order valence-corrected chi connectivity index (χ4v) is 12.8. The summed E-state index contributed by atoms with van der Waals surface area (Å²) >= 11 is 6.74. The highest BCUT2D eigenvalue weighted by molar-refractivity contribution is 9.10. The summed E-state index contributed by atoms with van der Waals surface area (Å²) in [5.41, 5.74) is 14.4. The van der Waals surface area contributed by atoms with E-state index in [1.807, 2.05) is 91.0 Å². The Morgan fingerprint density at radius 1 is 0.333 bits per heavy atom. The van der Waals surface area contributed by atoms with Crippen molar-refractivity contribution in [2.45, 2.75) is 0 Å². The monoisotopic (exact) mass is 1220 g/mol. The standard InChI is InChI=1S/C24H16BNO3.C24H14BrNO.C18H11NO.C6H4BrF/c27-25(28)18-9-3-5-11-20(18)26-19-10-4-1-8-17(19)23-21(26)14-13-16-15-7-2-6-12-22(15)29-24(16)23;25-18-9-3-5-11-20(18)26-19-10-4-1-8-17(19)23-21(26)14-13-16-15-7-2-6-12-22(15)27-24(16)23;1-3-7-14-13(6-1)17-15(19-14)10-9-12-11-5-2-4-8-16(11)20-18(12)17;7-5-3-1-2-4-6(5)8/h1-14,27-28H;1-14H;1-10,19H;1-4H. The smallest absolute Gasteiger partial charge is 0.455 e. The molecule has 12 heteroatoms. The Hall–Kier alpha value is -9.69. The maximum Gasteiger partial charge on any atom is 0.490 e. The summed E-state index contributed by atoms with van der Waals surface area (Å²) in [6, 6.07) is 84.5. The Morgan fingerprint density at radius 3 is 1.25 bits per heavy atom. The van der Waals surface area contributed by atoms with Crippen molar-refractivity contribution in [1.82, 2.24) is 14.1 Å². The quantitative estimate of drug-likeness (QED) is 0.153. The minimum Gasteiger partial charge on any atom is -0.455 e. The average molecular weight is 1220 g/mol. The first kappa shape index (κ1) is 51.2. The number of aromatic amines is 1. The molecule has 0 aliphatic heterocycles. The van der Waals surface area contributed by atoms with E-state index in [1.165, 1.54) is 38.5 Å². The number of rotatable bonds is 3. The second-order valence-electron chi connectivity index (χ2n) is 20.5. The number of fused-ring (bicyclic) bond motifs is 21. The van der Waals surface area contributed by atoms with Gasteiger partial charge in [-0.1, -0.05) is 152 Å². The van der Waals surface area contributed by atoms with Crippen LogP contribution < -0.4 is 5.46 Å². The number of furan rings is 3. The van der Waals surface area contributed by atoms with E-state index in [0.29, 0.717) is 9.94 Å². The summed E-state index contributed by atoms with van der Waals surface area (Å²) < 4.78 is 37.0. The summed E-state index contributed by atoms with van der Waals surface area (Å²) in [6.07, 6.45) is 0. The van der Waals surface area contributed by atoms with Crippen LogP contribution in [0.15, 0.2) is 277 Å². The minimum absolute atomic E-state index is 0.215. The van der Waals surface area contributed by atoms with Crippen molar-refractivity contribution in [2.24, 2.45) is 0 Å². The second-order valence-corrected chi connectivity index (χ2v) is 22.2. The van der Waals surface area contributed by atoms with Crippen LogP contribution >= 0.6 is 31.9 Å². The van der Waals surface area contributed by atoms with Gasteiger partial charge in [0.2, 0.25) is 0 Å². The van der Waals surface area contributed by atoms with Gasteiger partial charge in [0.05, 0.1) is 53.9 Å². The molecule has 12 aromatic carbocycles. The lowest BCUT2D eigenvalue weighted by atomic mass is 9.79. The fourth-order valence-electron chi connectivity index (χ4n) is 12.1. The number of hydrogen-bond donors (Lipinski definition) is 3. The van der Waals surface area contributed by atoms with Gasteiger partial charge in [-0.05, 0) is 135 Å². The van der Waals surface area contributed by atoms with Gasteiger partial charge in [0, 0.05) is 69.6 Å². The van der Waals surface area contributed by atoms with E-state index in [0.717, 1.165) is 115 Å². The number of nitrogens with zero attached hydrogens (tertiary/aromatic N) is 2. The molecule has 0 unspecified atom stereocenters. The number of halogens is 3. The maximum absolute atomic E-state index is 12.3. The SMILES string of the molecule is Brc1ccccc1-n1c2ccccc2c2c3oc4ccccc4c3ccc21.Fc1ccccc1Br.OB(O)c1ccccc1-n1c2ccccc2c2c3oc4ccccc4c3ccc21.c1ccc2c(c1)[nH]c1ccc3c4ccccc4oc3c12. The first-order valence-corrected chi connectivity index (χ1v) is 29.0. The second kappa shape index (κ2) is 20.9. The molecule has 0 saturated heterocycles. The zero-order valence-electron chi connectivity index (χ0n) is 44.5. The molecular weight excluding hydrogens is 1180 g/mol. The van der Waals surface area contributed by atoms with Gasteiger partial charge in [-0.15, -0.1) is 0 Å². The van der Waals surface area contributed by atoms with Crippen molar-refractivity contribution >= 4 is 176 Å². The largest absolute Gasteiger partial charge is 0.490 e. The Balaban J connectivity index is 0.000000102. The minimum atomic E-state index is -1.56. The number of H-pyrrole nitrogens is 1. The molecule has 402 valence electrons. The van der Waals surface area contributed by atoms with Crippen molar-refractivity contribution in [2.75, 3.05) is 0 Å². The van der Waals surface area contributed by atoms with Crippen LogP contribution in [-0.2, 0) is 0 Å². The Morgan fingerprint density at radius 2 is 0.738 bits per heavy atom. The molecule has 84 heavy (non-hydrogen) atoms. The number of aromatic nitrogens is 3. The van der Waals surface area contributed by atoms with E-state index in [1.54, 1.807) is 24.3 Å². The normalized spacial score (nSPS) is 11.6. The van der Waals surface area contributed by atoms with Crippen LogP contribution in [-0.4, -0.2) is 31.3 Å². The van der Waals surface area contributed by atoms with Gasteiger partial charge in [0.15, 0.2) is 0 Å². The summed E-state index contributed by atoms with van der Waals surface area (Å²) in [5, 5.41) is 33.6. The van der Waals surface area contributed by atoms with Crippen LogP contribution in [0.2, 0.25) is 0 Å². The molecule has 0 aliphatic rings. The van der Waals surface area contributed by atoms with Crippen molar-refractivity contribution in [3.05, 3.63) is 270 Å². The lowest BCUT2D eigenvalue weighted by Gasteiger charge is -2.13. The van der Waals surface area contributed by atoms with Crippen molar-refractivity contribution in [1.29, 1.82) is 0 Å². The number of nitrogens with one attached hydrogen (secondary N) is 1. The van der Waals surface area contributed by atoms with Gasteiger partial charge in [-0.25, -0.2) is 4.39 Å².